The molecule has 1 aliphatic rings. The first-order valence-electron chi connectivity index (χ1n) is 9.86. The van der Waals surface area contributed by atoms with E-state index in [-0.39, 0.29) is 11.1 Å². The number of benzene rings is 2. The standard InChI is InChI=1S/C23H19N3O5S/c1-13(26-20(28)16-10-6-7-11-17(16)21(26)29)22(30)31-14(2)19(27)25-23-24-18(12-32-23)15-8-4-3-5-9-15/h3-14H,1-2H3,(H,24,25,27). The maximum absolute atomic E-state index is 12.6. The molecule has 8 nitrogen and oxygen atoms in total. The zero-order valence-electron chi connectivity index (χ0n) is 17.3. The van der Waals surface area contributed by atoms with Crippen molar-refractivity contribution in [1.82, 2.24) is 9.88 Å². The van der Waals surface area contributed by atoms with E-state index in [1.165, 1.54) is 37.3 Å². The summed E-state index contributed by atoms with van der Waals surface area (Å²) in [4.78, 5) is 55.4. The molecule has 2 atom stereocenters. The molecule has 0 saturated carbocycles. The number of carbonyl (C=O) groups is 4. The first-order chi connectivity index (χ1) is 15.4. The second-order valence-corrected chi connectivity index (χ2v) is 8.03. The number of esters is 1. The fraction of sp³-hybridized carbons (Fsp3) is 0.174. The van der Waals surface area contributed by atoms with Gasteiger partial charge in [-0.25, -0.2) is 9.78 Å². The van der Waals surface area contributed by atoms with Gasteiger partial charge in [-0.05, 0) is 26.0 Å². The maximum atomic E-state index is 12.6. The monoisotopic (exact) mass is 449 g/mol. The average Bonchev–Trinajstić information content (AvgIpc) is 3.37. The molecule has 9 heteroatoms. The Morgan fingerprint density at radius 2 is 1.56 bits per heavy atom. The van der Waals surface area contributed by atoms with Crippen molar-refractivity contribution in [3.8, 4) is 11.3 Å². The predicted octanol–water partition coefficient (Wildman–Crippen LogP) is 3.37. The van der Waals surface area contributed by atoms with Crippen LogP contribution in [0.3, 0.4) is 0 Å². The number of nitrogens with zero attached hydrogens (tertiary/aromatic N) is 2. The van der Waals surface area contributed by atoms with Gasteiger partial charge in [0.15, 0.2) is 11.2 Å². The fourth-order valence-electron chi connectivity index (χ4n) is 3.27. The number of fused-ring (bicyclic) bond motifs is 1. The van der Waals surface area contributed by atoms with E-state index in [1.807, 2.05) is 35.7 Å². The summed E-state index contributed by atoms with van der Waals surface area (Å²) in [7, 11) is 0. The van der Waals surface area contributed by atoms with Gasteiger partial charge in [0.25, 0.3) is 17.7 Å². The Bertz CT molecular complexity index is 1170. The number of carbonyl (C=O) groups excluding carboxylic acids is 4. The van der Waals surface area contributed by atoms with E-state index in [9.17, 15) is 19.2 Å². The van der Waals surface area contributed by atoms with Crippen LogP contribution in [0, 0.1) is 0 Å². The first kappa shape index (κ1) is 21.4. The molecule has 0 bridgehead atoms. The molecule has 4 rings (SSSR count). The molecule has 162 valence electrons. The molecule has 3 amide bonds. The van der Waals surface area contributed by atoms with Crippen LogP contribution in [-0.2, 0) is 14.3 Å². The zero-order valence-corrected chi connectivity index (χ0v) is 18.1. The Balaban J connectivity index is 1.37. The lowest BCUT2D eigenvalue weighted by molar-refractivity contribution is -0.156. The molecule has 0 radical (unpaired) electrons. The van der Waals surface area contributed by atoms with E-state index in [4.69, 9.17) is 4.74 Å². The Morgan fingerprint density at radius 1 is 0.969 bits per heavy atom. The van der Waals surface area contributed by atoms with E-state index in [0.717, 1.165) is 16.2 Å². The minimum Gasteiger partial charge on any atom is -0.451 e. The molecule has 0 aliphatic carbocycles. The molecule has 2 unspecified atom stereocenters. The molecule has 1 aromatic heterocycles. The lowest BCUT2D eigenvalue weighted by Gasteiger charge is -2.22. The van der Waals surface area contributed by atoms with E-state index < -0.39 is 35.8 Å². The van der Waals surface area contributed by atoms with Crippen molar-refractivity contribution in [2.24, 2.45) is 0 Å². The number of nitrogens with one attached hydrogen (secondary N) is 1. The number of amides is 3. The highest BCUT2D eigenvalue weighted by Gasteiger charge is 2.41. The molecule has 2 aromatic carbocycles. The van der Waals surface area contributed by atoms with Crippen LogP contribution in [0.25, 0.3) is 11.3 Å². The van der Waals surface area contributed by atoms with Gasteiger partial charge < -0.3 is 4.74 Å². The highest BCUT2D eigenvalue weighted by Crippen LogP contribution is 2.26. The van der Waals surface area contributed by atoms with Gasteiger partial charge in [0.05, 0.1) is 16.8 Å². The number of thiazole rings is 1. The number of hydrogen-bond donors (Lipinski definition) is 1. The smallest absolute Gasteiger partial charge is 0.329 e. The average molecular weight is 449 g/mol. The summed E-state index contributed by atoms with van der Waals surface area (Å²) in [6, 6.07) is 14.7. The summed E-state index contributed by atoms with van der Waals surface area (Å²) in [6.07, 6.45) is -1.15. The molecule has 0 fully saturated rings. The summed E-state index contributed by atoms with van der Waals surface area (Å²) in [5.74, 6) is -2.56. The van der Waals surface area contributed by atoms with Crippen LogP contribution in [0.1, 0.15) is 34.6 Å². The Hall–Kier alpha value is -3.85. The van der Waals surface area contributed by atoms with Crippen LogP contribution in [-0.4, -0.2) is 45.7 Å². The van der Waals surface area contributed by atoms with Gasteiger partial charge in [0, 0.05) is 10.9 Å². The minimum atomic E-state index is -1.18. The van der Waals surface area contributed by atoms with Gasteiger partial charge in [-0.3, -0.25) is 24.6 Å². The molecule has 0 saturated heterocycles. The third-order valence-corrected chi connectivity index (χ3v) is 5.78. The van der Waals surface area contributed by atoms with Crippen molar-refractivity contribution in [2.45, 2.75) is 26.0 Å². The van der Waals surface area contributed by atoms with Crippen molar-refractivity contribution < 1.29 is 23.9 Å². The lowest BCUT2D eigenvalue weighted by atomic mass is 10.1. The third kappa shape index (κ3) is 4.02. The Kier molecular flexibility index (Phi) is 5.83. The van der Waals surface area contributed by atoms with E-state index in [1.54, 1.807) is 12.1 Å². The van der Waals surface area contributed by atoms with E-state index in [2.05, 4.69) is 10.3 Å². The van der Waals surface area contributed by atoms with Crippen LogP contribution in [0.2, 0.25) is 0 Å². The minimum absolute atomic E-state index is 0.237. The Labute approximate surface area is 187 Å². The molecule has 1 N–H and O–H groups in total. The van der Waals surface area contributed by atoms with Gasteiger partial charge in [-0.2, -0.15) is 0 Å². The largest absolute Gasteiger partial charge is 0.451 e. The normalized spacial score (nSPS) is 14.6. The second kappa shape index (κ2) is 8.72. The van der Waals surface area contributed by atoms with E-state index in [0.29, 0.717) is 5.13 Å². The molecule has 2 heterocycles. The molecule has 1 aliphatic heterocycles. The van der Waals surface area contributed by atoms with Crippen molar-refractivity contribution in [3.63, 3.8) is 0 Å². The predicted molar refractivity (Wildman–Crippen MR) is 118 cm³/mol. The van der Waals surface area contributed by atoms with Gasteiger partial charge in [0.2, 0.25) is 0 Å². The lowest BCUT2D eigenvalue weighted by Crippen LogP contribution is -2.45. The van der Waals surface area contributed by atoms with Gasteiger partial charge >= 0.3 is 5.97 Å². The second-order valence-electron chi connectivity index (χ2n) is 7.17. The maximum Gasteiger partial charge on any atom is 0.329 e. The first-order valence-corrected chi connectivity index (χ1v) is 10.7. The molecule has 0 spiro atoms. The number of imide groups is 1. The van der Waals surface area contributed by atoms with Crippen molar-refractivity contribution in [1.29, 1.82) is 0 Å². The van der Waals surface area contributed by atoms with E-state index >= 15 is 0 Å². The van der Waals surface area contributed by atoms with Gasteiger partial charge in [-0.1, -0.05) is 42.5 Å². The van der Waals surface area contributed by atoms with Crippen LogP contribution in [0.5, 0.6) is 0 Å². The van der Waals surface area contributed by atoms with Crippen LogP contribution in [0.15, 0.2) is 60.0 Å². The number of rotatable bonds is 6. The van der Waals surface area contributed by atoms with Crippen molar-refractivity contribution >= 4 is 40.2 Å². The summed E-state index contributed by atoms with van der Waals surface area (Å²) in [6.45, 7) is 2.80. The van der Waals surface area contributed by atoms with Crippen molar-refractivity contribution in [2.75, 3.05) is 5.32 Å². The summed E-state index contributed by atoms with van der Waals surface area (Å²) in [5, 5.41) is 4.80. The molecule has 3 aromatic rings. The molecular weight excluding hydrogens is 430 g/mol. The van der Waals surface area contributed by atoms with Gasteiger partial charge in [-0.15, -0.1) is 11.3 Å². The quantitative estimate of drug-likeness (QED) is 0.457. The van der Waals surface area contributed by atoms with Crippen molar-refractivity contribution in [3.05, 3.63) is 71.1 Å². The number of ether oxygens (including phenoxy) is 1. The summed E-state index contributed by atoms with van der Waals surface area (Å²) in [5.41, 5.74) is 2.11. The number of anilines is 1. The molecule has 32 heavy (non-hydrogen) atoms. The third-order valence-electron chi connectivity index (χ3n) is 5.02. The van der Waals surface area contributed by atoms with Crippen LogP contribution in [0.4, 0.5) is 5.13 Å². The fourth-order valence-corrected chi connectivity index (χ4v) is 3.99. The SMILES string of the molecule is CC(OC(=O)C(C)N1C(=O)c2ccccc2C1=O)C(=O)Nc1nc(-c2ccccc2)cs1. The van der Waals surface area contributed by atoms with Crippen LogP contribution >= 0.6 is 11.3 Å². The molecular formula is C23H19N3O5S. The zero-order chi connectivity index (χ0) is 22.8. The van der Waals surface area contributed by atoms with Crippen LogP contribution < -0.4 is 5.32 Å². The number of aromatic nitrogens is 1. The number of hydrogen-bond acceptors (Lipinski definition) is 7. The topological polar surface area (TPSA) is 106 Å². The Morgan fingerprint density at radius 3 is 2.19 bits per heavy atom. The summed E-state index contributed by atoms with van der Waals surface area (Å²) < 4.78 is 5.23. The highest BCUT2D eigenvalue weighted by molar-refractivity contribution is 7.14. The summed E-state index contributed by atoms with van der Waals surface area (Å²) >= 11 is 1.25. The highest BCUT2D eigenvalue weighted by atomic mass is 32.1. The van der Waals surface area contributed by atoms with Gasteiger partial charge in [0.1, 0.15) is 6.04 Å².